The number of methoxy groups -OCH3 is 2. The Kier molecular flexibility index (Phi) is 4.33. The number of aromatic nitrogens is 1. The van der Waals surface area contributed by atoms with E-state index in [1.165, 1.54) is 14.2 Å². The van der Waals surface area contributed by atoms with Crippen LogP contribution in [0.2, 0.25) is 0 Å². The van der Waals surface area contributed by atoms with E-state index in [9.17, 15) is 9.59 Å². The van der Waals surface area contributed by atoms with Crippen LogP contribution < -0.4 is 4.74 Å². The molecule has 1 aromatic heterocycles. The van der Waals surface area contributed by atoms with Crippen LogP contribution in [0.15, 0.2) is 30.3 Å². The molecule has 0 fully saturated rings. The molecule has 0 unspecified atom stereocenters. The Balaban J connectivity index is 2.57. The Bertz CT molecular complexity index is 695. The van der Waals surface area contributed by atoms with Crippen LogP contribution in [0.3, 0.4) is 0 Å². The summed E-state index contributed by atoms with van der Waals surface area (Å²) in [4.78, 5) is 27.1. The topological polar surface area (TPSA) is 65.5 Å². The van der Waals surface area contributed by atoms with Gasteiger partial charge < -0.3 is 9.47 Å². The Morgan fingerprint density at radius 1 is 1.19 bits per heavy atom. The second-order valence-electron chi connectivity index (χ2n) is 4.37. The molecule has 5 nitrogen and oxygen atoms in total. The van der Waals surface area contributed by atoms with Gasteiger partial charge in [-0.3, -0.25) is 4.79 Å². The lowest BCUT2D eigenvalue weighted by Crippen LogP contribution is -2.05. The molecule has 0 saturated heterocycles. The van der Waals surface area contributed by atoms with Crippen molar-refractivity contribution < 1.29 is 19.1 Å². The molecule has 21 heavy (non-hydrogen) atoms. The van der Waals surface area contributed by atoms with Crippen LogP contribution in [-0.2, 0) is 4.74 Å². The summed E-state index contributed by atoms with van der Waals surface area (Å²) in [5.41, 5.74) is 2.81. The molecular formula is C16H15NO4. The van der Waals surface area contributed by atoms with Crippen molar-refractivity contribution >= 4 is 12.3 Å². The Morgan fingerprint density at radius 2 is 1.95 bits per heavy atom. The number of ether oxygens (including phenoxy) is 2. The number of hydrogen-bond donors (Lipinski definition) is 0. The van der Waals surface area contributed by atoms with E-state index < -0.39 is 5.97 Å². The number of hydrogen-bond acceptors (Lipinski definition) is 5. The molecule has 0 N–H and O–H groups in total. The lowest BCUT2D eigenvalue weighted by molar-refractivity contribution is 0.0594. The highest BCUT2D eigenvalue weighted by Gasteiger charge is 2.14. The van der Waals surface area contributed by atoms with E-state index in [1.807, 2.05) is 13.0 Å². The van der Waals surface area contributed by atoms with Crippen molar-refractivity contribution in [3.63, 3.8) is 0 Å². The summed E-state index contributed by atoms with van der Waals surface area (Å²) >= 11 is 0. The van der Waals surface area contributed by atoms with E-state index in [4.69, 9.17) is 4.74 Å². The first-order valence-electron chi connectivity index (χ1n) is 6.31. The van der Waals surface area contributed by atoms with Gasteiger partial charge in [0.1, 0.15) is 11.4 Å². The highest BCUT2D eigenvalue weighted by Crippen LogP contribution is 2.29. The molecule has 1 aromatic carbocycles. The van der Waals surface area contributed by atoms with E-state index in [0.717, 1.165) is 17.4 Å². The predicted octanol–water partition coefficient (Wildman–Crippen LogP) is 2.66. The zero-order valence-electron chi connectivity index (χ0n) is 12.0. The van der Waals surface area contributed by atoms with Crippen LogP contribution in [-0.4, -0.2) is 31.5 Å². The zero-order valence-corrected chi connectivity index (χ0v) is 12.0. The molecule has 2 aromatic rings. The van der Waals surface area contributed by atoms with Gasteiger partial charge in [0.15, 0.2) is 6.29 Å². The van der Waals surface area contributed by atoms with E-state index in [-0.39, 0.29) is 5.69 Å². The average molecular weight is 285 g/mol. The third-order valence-electron chi connectivity index (χ3n) is 3.23. The molecule has 0 spiro atoms. The highest BCUT2D eigenvalue weighted by atomic mass is 16.5. The molecule has 0 atom stereocenters. The minimum Gasteiger partial charge on any atom is -0.496 e. The van der Waals surface area contributed by atoms with E-state index in [1.54, 1.807) is 24.3 Å². The number of aldehydes is 1. The van der Waals surface area contributed by atoms with Crippen molar-refractivity contribution in [1.82, 2.24) is 4.98 Å². The Morgan fingerprint density at radius 3 is 2.57 bits per heavy atom. The maximum absolute atomic E-state index is 11.5. The zero-order chi connectivity index (χ0) is 15.4. The van der Waals surface area contributed by atoms with Crippen LogP contribution in [0, 0.1) is 6.92 Å². The van der Waals surface area contributed by atoms with Crippen molar-refractivity contribution in [1.29, 1.82) is 0 Å². The third-order valence-corrected chi connectivity index (χ3v) is 3.23. The summed E-state index contributed by atoms with van der Waals surface area (Å²) in [5.74, 6) is 0.00833. The average Bonchev–Trinajstić information content (AvgIpc) is 2.53. The number of rotatable bonds is 4. The predicted molar refractivity (Wildman–Crippen MR) is 77.7 cm³/mol. The summed E-state index contributed by atoms with van der Waals surface area (Å²) in [6, 6.07) is 8.59. The number of benzene rings is 1. The quantitative estimate of drug-likeness (QED) is 0.638. The summed E-state index contributed by atoms with van der Waals surface area (Å²) in [7, 11) is 2.82. The SMILES string of the molecule is COC(=O)c1cccc(-c2ccc(OC)c(C=O)c2C)n1. The van der Waals surface area contributed by atoms with Crippen molar-refractivity contribution in [2.24, 2.45) is 0 Å². The number of esters is 1. The highest BCUT2D eigenvalue weighted by molar-refractivity contribution is 5.89. The molecule has 0 aliphatic heterocycles. The molecule has 108 valence electrons. The summed E-state index contributed by atoms with van der Waals surface area (Å²) in [6.45, 7) is 1.81. The van der Waals surface area contributed by atoms with Crippen molar-refractivity contribution in [2.75, 3.05) is 14.2 Å². The second kappa shape index (κ2) is 6.17. The fourth-order valence-electron chi connectivity index (χ4n) is 2.11. The van der Waals surface area contributed by atoms with Crippen molar-refractivity contribution in [3.05, 3.63) is 47.2 Å². The lowest BCUT2D eigenvalue weighted by atomic mass is 9.99. The number of pyridine rings is 1. The molecule has 0 aliphatic rings. The van der Waals surface area contributed by atoms with Gasteiger partial charge in [-0.05, 0) is 36.8 Å². The largest absolute Gasteiger partial charge is 0.496 e. The maximum Gasteiger partial charge on any atom is 0.356 e. The first-order valence-corrected chi connectivity index (χ1v) is 6.31. The van der Waals surface area contributed by atoms with Gasteiger partial charge in [-0.25, -0.2) is 9.78 Å². The van der Waals surface area contributed by atoms with Gasteiger partial charge in [-0.15, -0.1) is 0 Å². The molecular weight excluding hydrogens is 270 g/mol. The summed E-state index contributed by atoms with van der Waals surface area (Å²) < 4.78 is 9.82. The number of carbonyl (C=O) groups excluding carboxylic acids is 2. The standard InChI is InChI=1S/C16H15NO4/c1-10-11(7-8-15(20-2)12(10)9-18)13-5-4-6-14(17-13)16(19)21-3/h4-9H,1-3H3. The third kappa shape index (κ3) is 2.76. The first kappa shape index (κ1) is 14.7. The molecule has 0 radical (unpaired) electrons. The van der Waals surface area contributed by atoms with Crippen LogP contribution in [0.25, 0.3) is 11.3 Å². The second-order valence-corrected chi connectivity index (χ2v) is 4.37. The van der Waals surface area contributed by atoms with Gasteiger partial charge in [0, 0.05) is 5.56 Å². The van der Waals surface area contributed by atoms with Gasteiger partial charge in [-0.1, -0.05) is 6.07 Å². The molecule has 2 rings (SSSR count). The van der Waals surface area contributed by atoms with E-state index >= 15 is 0 Å². The summed E-state index contributed by atoms with van der Waals surface area (Å²) in [5, 5.41) is 0. The Hall–Kier alpha value is -2.69. The normalized spacial score (nSPS) is 10.0. The lowest BCUT2D eigenvalue weighted by Gasteiger charge is -2.11. The van der Waals surface area contributed by atoms with E-state index in [2.05, 4.69) is 9.72 Å². The Labute approximate surface area is 122 Å². The van der Waals surface area contributed by atoms with Crippen LogP contribution >= 0.6 is 0 Å². The van der Waals surface area contributed by atoms with Crippen LogP contribution in [0.1, 0.15) is 26.4 Å². The molecule has 0 aliphatic carbocycles. The maximum atomic E-state index is 11.5. The van der Waals surface area contributed by atoms with Gasteiger partial charge in [0.05, 0.1) is 25.5 Å². The molecule has 0 amide bonds. The van der Waals surface area contributed by atoms with Gasteiger partial charge >= 0.3 is 5.97 Å². The van der Waals surface area contributed by atoms with Crippen molar-refractivity contribution in [3.8, 4) is 17.0 Å². The minimum atomic E-state index is -0.501. The van der Waals surface area contributed by atoms with Gasteiger partial charge in [0.2, 0.25) is 0 Å². The summed E-state index contributed by atoms with van der Waals surface area (Å²) in [6.07, 6.45) is 0.752. The molecule has 5 heteroatoms. The first-order chi connectivity index (χ1) is 10.1. The fraction of sp³-hybridized carbons (Fsp3) is 0.188. The van der Waals surface area contributed by atoms with Crippen LogP contribution in [0.4, 0.5) is 0 Å². The molecule has 0 saturated carbocycles. The smallest absolute Gasteiger partial charge is 0.356 e. The van der Waals surface area contributed by atoms with E-state index in [0.29, 0.717) is 17.0 Å². The minimum absolute atomic E-state index is 0.220. The van der Waals surface area contributed by atoms with Gasteiger partial charge in [-0.2, -0.15) is 0 Å². The van der Waals surface area contributed by atoms with Crippen molar-refractivity contribution in [2.45, 2.75) is 6.92 Å². The molecule has 0 bridgehead atoms. The van der Waals surface area contributed by atoms with Crippen LogP contribution in [0.5, 0.6) is 5.75 Å². The number of carbonyl (C=O) groups is 2. The molecule has 1 heterocycles. The fourth-order valence-corrected chi connectivity index (χ4v) is 2.11. The number of nitrogens with zero attached hydrogens (tertiary/aromatic N) is 1. The monoisotopic (exact) mass is 285 g/mol. The van der Waals surface area contributed by atoms with Gasteiger partial charge in [0.25, 0.3) is 0 Å².